The summed E-state index contributed by atoms with van der Waals surface area (Å²) in [6.45, 7) is 3.66. The van der Waals surface area contributed by atoms with Crippen molar-refractivity contribution in [3.63, 3.8) is 0 Å². The lowest BCUT2D eigenvalue weighted by Gasteiger charge is -2.12. The number of hydrogen-bond acceptors (Lipinski definition) is 4. The third-order valence-electron chi connectivity index (χ3n) is 3.25. The van der Waals surface area contributed by atoms with Gasteiger partial charge in [-0.2, -0.15) is 5.10 Å². The Kier molecular flexibility index (Phi) is 4.19. The van der Waals surface area contributed by atoms with E-state index in [1.54, 1.807) is 4.68 Å². The van der Waals surface area contributed by atoms with Crippen LogP contribution in [-0.4, -0.2) is 34.0 Å². The lowest BCUT2D eigenvalue weighted by Crippen LogP contribution is -2.17. The SMILES string of the molecule is Cc1nn(C)c(NCCC2CCCO2)c1C(N)=S. The van der Waals surface area contributed by atoms with Gasteiger partial charge in [0.15, 0.2) is 0 Å². The highest BCUT2D eigenvalue weighted by molar-refractivity contribution is 7.80. The average molecular weight is 268 g/mol. The van der Waals surface area contributed by atoms with Crippen molar-refractivity contribution < 1.29 is 4.74 Å². The van der Waals surface area contributed by atoms with E-state index in [4.69, 9.17) is 22.7 Å². The van der Waals surface area contributed by atoms with Crippen molar-refractivity contribution >= 4 is 23.0 Å². The van der Waals surface area contributed by atoms with Crippen LogP contribution >= 0.6 is 12.2 Å². The number of hydrogen-bond donors (Lipinski definition) is 2. The van der Waals surface area contributed by atoms with Gasteiger partial charge in [-0.05, 0) is 26.2 Å². The Morgan fingerprint density at radius 1 is 1.67 bits per heavy atom. The summed E-state index contributed by atoms with van der Waals surface area (Å²) in [4.78, 5) is 0.389. The van der Waals surface area contributed by atoms with Crippen LogP contribution in [0.2, 0.25) is 0 Å². The van der Waals surface area contributed by atoms with Crippen molar-refractivity contribution in [2.75, 3.05) is 18.5 Å². The molecule has 1 aliphatic rings. The lowest BCUT2D eigenvalue weighted by atomic mass is 10.2. The predicted octanol–water partition coefficient (Wildman–Crippen LogP) is 1.34. The van der Waals surface area contributed by atoms with Gasteiger partial charge in [-0.15, -0.1) is 0 Å². The monoisotopic (exact) mass is 268 g/mol. The molecule has 0 spiro atoms. The van der Waals surface area contributed by atoms with Gasteiger partial charge in [0, 0.05) is 20.2 Å². The minimum absolute atomic E-state index is 0.389. The van der Waals surface area contributed by atoms with Crippen LogP contribution in [0.25, 0.3) is 0 Å². The standard InChI is InChI=1S/C12H20N4OS/c1-8-10(11(13)18)12(16(2)15-8)14-6-5-9-4-3-7-17-9/h9,14H,3-7H2,1-2H3,(H2,13,18). The Hall–Kier alpha value is -1.14. The number of rotatable bonds is 5. The molecule has 1 atom stereocenters. The summed E-state index contributed by atoms with van der Waals surface area (Å²) in [6, 6.07) is 0. The summed E-state index contributed by atoms with van der Waals surface area (Å²) in [7, 11) is 1.89. The Balaban J connectivity index is 1.97. The van der Waals surface area contributed by atoms with E-state index in [9.17, 15) is 0 Å². The molecule has 1 aliphatic heterocycles. The molecule has 0 aromatic carbocycles. The highest BCUT2D eigenvalue weighted by atomic mass is 32.1. The fourth-order valence-corrected chi connectivity index (χ4v) is 2.62. The van der Waals surface area contributed by atoms with Gasteiger partial charge in [0.2, 0.25) is 0 Å². The molecular formula is C12H20N4OS. The number of thiocarbonyl (C=S) groups is 1. The number of nitrogens with two attached hydrogens (primary N) is 1. The maximum absolute atomic E-state index is 5.74. The first-order valence-electron chi connectivity index (χ1n) is 6.28. The smallest absolute Gasteiger partial charge is 0.134 e. The molecule has 3 N–H and O–H groups in total. The van der Waals surface area contributed by atoms with Gasteiger partial charge >= 0.3 is 0 Å². The Morgan fingerprint density at radius 2 is 2.44 bits per heavy atom. The molecule has 6 heteroatoms. The maximum atomic E-state index is 5.74. The third kappa shape index (κ3) is 2.81. The number of aromatic nitrogens is 2. The number of anilines is 1. The molecule has 0 saturated carbocycles. The zero-order valence-electron chi connectivity index (χ0n) is 10.9. The van der Waals surface area contributed by atoms with Crippen LogP contribution in [0.1, 0.15) is 30.5 Å². The summed E-state index contributed by atoms with van der Waals surface area (Å²) in [5.74, 6) is 0.901. The summed E-state index contributed by atoms with van der Waals surface area (Å²) in [5, 5.41) is 7.70. The molecular weight excluding hydrogens is 248 g/mol. The number of aryl methyl sites for hydroxylation is 2. The largest absolute Gasteiger partial charge is 0.389 e. The molecule has 2 heterocycles. The van der Waals surface area contributed by atoms with Crippen molar-refractivity contribution in [2.45, 2.75) is 32.3 Å². The van der Waals surface area contributed by atoms with Crippen LogP contribution in [0.15, 0.2) is 0 Å². The average Bonchev–Trinajstić information content (AvgIpc) is 2.87. The van der Waals surface area contributed by atoms with Crippen molar-refractivity contribution in [3.8, 4) is 0 Å². The van der Waals surface area contributed by atoms with E-state index < -0.39 is 0 Å². The van der Waals surface area contributed by atoms with Crippen LogP contribution < -0.4 is 11.1 Å². The molecule has 0 amide bonds. The first-order valence-corrected chi connectivity index (χ1v) is 6.69. The highest BCUT2D eigenvalue weighted by Crippen LogP contribution is 2.20. The molecule has 2 rings (SSSR count). The fraction of sp³-hybridized carbons (Fsp3) is 0.667. The van der Waals surface area contributed by atoms with E-state index in [-0.39, 0.29) is 0 Å². The van der Waals surface area contributed by atoms with Crippen molar-refractivity contribution in [1.82, 2.24) is 9.78 Å². The fourth-order valence-electron chi connectivity index (χ4n) is 2.38. The van der Waals surface area contributed by atoms with Gasteiger partial charge < -0.3 is 15.8 Å². The molecule has 0 radical (unpaired) electrons. The topological polar surface area (TPSA) is 65.1 Å². The number of ether oxygens (including phenoxy) is 1. The van der Waals surface area contributed by atoms with Crippen LogP contribution in [0.5, 0.6) is 0 Å². The van der Waals surface area contributed by atoms with Crippen LogP contribution in [-0.2, 0) is 11.8 Å². The minimum atomic E-state index is 0.389. The number of nitrogens with zero attached hydrogens (tertiary/aromatic N) is 2. The molecule has 1 aromatic rings. The lowest BCUT2D eigenvalue weighted by molar-refractivity contribution is 0.107. The van der Waals surface area contributed by atoms with Gasteiger partial charge in [0.1, 0.15) is 10.8 Å². The summed E-state index contributed by atoms with van der Waals surface area (Å²) in [5.41, 5.74) is 7.45. The Morgan fingerprint density at radius 3 is 3.06 bits per heavy atom. The summed E-state index contributed by atoms with van der Waals surface area (Å²) < 4.78 is 7.38. The number of nitrogens with one attached hydrogen (secondary N) is 1. The third-order valence-corrected chi connectivity index (χ3v) is 3.46. The van der Waals surface area contributed by atoms with Gasteiger partial charge in [-0.25, -0.2) is 0 Å². The quantitative estimate of drug-likeness (QED) is 0.789. The molecule has 1 unspecified atom stereocenters. The molecule has 1 aromatic heterocycles. The van der Waals surface area contributed by atoms with E-state index >= 15 is 0 Å². The zero-order valence-corrected chi connectivity index (χ0v) is 11.7. The van der Waals surface area contributed by atoms with E-state index in [1.165, 1.54) is 6.42 Å². The van der Waals surface area contributed by atoms with Crippen molar-refractivity contribution in [2.24, 2.45) is 12.8 Å². The molecule has 18 heavy (non-hydrogen) atoms. The summed E-state index contributed by atoms with van der Waals surface area (Å²) in [6.07, 6.45) is 3.73. The van der Waals surface area contributed by atoms with E-state index in [2.05, 4.69) is 10.4 Å². The van der Waals surface area contributed by atoms with E-state index in [1.807, 2.05) is 14.0 Å². The molecule has 5 nitrogen and oxygen atoms in total. The van der Waals surface area contributed by atoms with Gasteiger partial charge in [-0.3, -0.25) is 4.68 Å². The van der Waals surface area contributed by atoms with E-state index in [0.717, 1.165) is 43.1 Å². The first kappa shape index (κ1) is 13.3. The van der Waals surface area contributed by atoms with Crippen LogP contribution in [0.3, 0.4) is 0 Å². The minimum Gasteiger partial charge on any atom is -0.389 e. The Bertz CT molecular complexity index is 438. The zero-order chi connectivity index (χ0) is 13.1. The second-order valence-corrected chi connectivity index (χ2v) is 5.09. The van der Waals surface area contributed by atoms with Crippen molar-refractivity contribution in [1.29, 1.82) is 0 Å². The highest BCUT2D eigenvalue weighted by Gasteiger charge is 2.17. The normalized spacial score (nSPS) is 19.1. The second-order valence-electron chi connectivity index (χ2n) is 4.65. The van der Waals surface area contributed by atoms with Crippen molar-refractivity contribution in [3.05, 3.63) is 11.3 Å². The second kappa shape index (κ2) is 5.67. The molecule has 100 valence electrons. The Labute approximate surface area is 113 Å². The maximum Gasteiger partial charge on any atom is 0.134 e. The predicted molar refractivity (Wildman–Crippen MR) is 75.9 cm³/mol. The molecule has 0 bridgehead atoms. The van der Waals surface area contributed by atoms with Gasteiger partial charge in [0.25, 0.3) is 0 Å². The molecule has 1 saturated heterocycles. The molecule has 1 fully saturated rings. The van der Waals surface area contributed by atoms with Crippen LogP contribution in [0, 0.1) is 6.92 Å². The first-order chi connectivity index (χ1) is 8.59. The van der Waals surface area contributed by atoms with Gasteiger partial charge in [0.05, 0.1) is 17.4 Å². The summed E-state index contributed by atoms with van der Waals surface area (Å²) >= 11 is 5.07. The molecule has 0 aliphatic carbocycles. The van der Waals surface area contributed by atoms with E-state index in [0.29, 0.717) is 11.1 Å². The van der Waals surface area contributed by atoms with Gasteiger partial charge in [-0.1, -0.05) is 12.2 Å². The van der Waals surface area contributed by atoms with Crippen LogP contribution in [0.4, 0.5) is 5.82 Å².